The minimum Gasteiger partial charge on any atom is -0.378 e. The van der Waals surface area contributed by atoms with E-state index >= 15 is 0 Å². The molecule has 0 aliphatic carbocycles. The molecule has 1 aliphatic rings. The molecule has 6 heteroatoms. The predicted octanol–water partition coefficient (Wildman–Crippen LogP) is 3.53. The molecule has 0 spiro atoms. The minimum absolute atomic E-state index is 0.00931. The van der Waals surface area contributed by atoms with Gasteiger partial charge in [0.05, 0.1) is 34.8 Å². The van der Waals surface area contributed by atoms with Crippen molar-refractivity contribution in [2.45, 2.75) is 6.42 Å². The molecule has 22 heavy (non-hydrogen) atoms. The second kappa shape index (κ2) is 7.26. The Morgan fingerprint density at radius 2 is 2.00 bits per heavy atom. The van der Waals surface area contributed by atoms with Crippen LogP contribution in [0.5, 0.6) is 0 Å². The molecule has 2 aromatic rings. The van der Waals surface area contributed by atoms with Crippen LogP contribution in [0.2, 0.25) is 0 Å². The van der Waals surface area contributed by atoms with E-state index in [9.17, 15) is 4.79 Å². The number of nitrogens with zero attached hydrogens (tertiary/aromatic N) is 1. The molecule has 1 saturated heterocycles. The molecule has 0 radical (unpaired) electrons. The quantitative estimate of drug-likeness (QED) is 0.881. The van der Waals surface area contributed by atoms with Crippen LogP contribution in [-0.2, 0) is 16.0 Å². The normalized spacial score (nSPS) is 14.9. The number of morpholine rings is 1. The Labute approximate surface area is 142 Å². The lowest BCUT2D eigenvalue weighted by atomic mass is 10.2. The number of halogens is 1. The summed E-state index contributed by atoms with van der Waals surface area (Å²) >= 11 is 5.01. The topological polar surface area (TPSA) is 41.6 Å². The van der Waals surface area contributed by atoms with Crippen molar-refractivity contribution in [2.75, 3.05) is 36.5 Å². The number of hydrogen-bond acceptors (Lipinski definition) is 4. The highest BCUT2D eigenvalue weighted by molar-refractivity contribution is 9.11. The Morgan fingerprint density at radius 1 is 1.23 bits per heavy atom. The third-order valence-corrected chi connectivity index (χ3v) is 5.12. The standard InChI is InChI=1S/C16H17BrN2O2S/c17-15-6-5-12(22-15)11-16(20)18-13-3-1-2-4-14(13)19-7-9-21-10-8-19/h1-6H,7-11H2,(H,18,20). The largest absolute Gasteiger partial charge is 0.378 e. The maximum absolute atomic E-state index is 12.3. The van der Waals surface area contributed by atoms with Crippen LogP contribution in [-0.4, -0.2) is 32.2 Å². The van der Waals surface area contributed by atoms with Crippen molar-refractivity contribution in [3.8, 4) is 0 Å². The predicted molar refractivity (Wildman–Crippen MR) is 93.8 cm³/mol. The number of anilines is 2. The Balaban J connectivity index is 1.70. The molecule has 1 aliphatic heterocycles. The molecular formula is C16H17BrN2O2S. The summed E-state index contributed by atoms with van der Waals surface area (Å²) in [5.41, 5.74) is 1.93. The molecule has 0 bridgehead atoms. The highest BCUT2D eigenvalue weighted by Gasteiger charge is 2.16. The van der Waals surface area contributed by atoms with Crippen LogP contribution in [0, 0.1) is 0 Å². The molecule has 3 rings (SSSR count). The van der Waals surface area contributed by atoms with E-state index in [2.05, 4.69) is 26.1 Å². The van der Waals surface area contributed by atoms with Gasteiger partial charge in [0, 0.05) is 18.0 Å². The van der Waals surface area contributed by atoms with Gasteiger partial charge in [-0.3, -0.25) is 4.79 Å². The number of thiophene rings is 1. The molecule has 1 fully saturated rings. The van der Waals surface area contributed by atoms with Gasteiger partial charge in [0.15, 0.2) is 0 Å². The van der Waals surface area contributed by atoms with Gasteiger partial charge in [-0.2, -0.15) is 0 Å². The third-order valence-electron chi connectivity index (χ3n) is 3.49. The zero-order chi connectivity index (χ0) is 15.4. The minimum atomic E-state index is 0.00931. The fourth-order valence-electron chi connectivity index (χ4n) is 2.46. The number of ether oxygens (including phenoxy) is 1. The molecule has 116 valence electrons. The number of nitrogens with one attached hydrogen (secondary N) is 1. The van der Waals surface area contributed by atoms with Crippen LogP contribution >= 0.6 is 27.3 Å². The van der Waals surface area contributed by atoms with Gasteiger partial charge in [0.2, 0.25) is 5.91 Å². The fraction of sp³-hybridized carbons (Fsp3) is 0.312. The van der Waals surface area contributed by atoms with Gasteiger partial charge in [-0.05, 0) is 40.2 Å². The lowest BCUT2D eigenvalue weighted by Crippen LogP contribution is -2.36. The van der Waals surface area contributed by atoms with E-state index in [1.165, 1.54) is 0 Å². The van der Waals surface area contributed by atoms with Crippen molar-refractivity contribution < 1.29 is 9.53 Å². The number of para-hydroxylation sites is 2. The van der Waals surface area contributed by atoms with Gasteiger partial charge in [-0.15, -0.1) is 11.3 Å². The van der Waals surface area contributed by atoms with E-state index in [-0.39, 0.29) is 5.91 Å². The van der Waals surface area contributed by atoms with Crippen molar-refractivity contribution in [3.63, 3.8) is 0 Å². The molecule has 1 aromatic heterocycles. The summed E-state index contributed by atoms with van der Waals surface area (Å²) < 4.78 is 6.44. The lowest BCUT2D eigenvalue weighted by Gasteiger charge is -2.30. The van der Waals surface area contributed by atoms with E-state index < -0.39 is 0 Å². The fourth-order valence-corrected chi connectivity index (χ4v) is 3.94. The van der Waals surface area contributed by atoms with E-state index in [4.69, 9.17) is 4.74 Å². The second-order valence-corrected chi connectivity index (χ2v) is 7.59. The molecule has 1 N–H and O–H groups in total. The molecule has 4 nitrogen and oxygen atoms in total. The van der Waals surface area contributed by atoms with Gasteiger partial charge in [0.1, 0.15) is 0 Å². The first kappa shape index (κ1) is 15.5. The maximum atomic E-state index is 12.3. The summed E-state index contributed by atoms with van der Waals surface area (Å²) in [4.78, 5) is 15.6. The first-order chi connectivity index (χ1) is 10.7. The van der Waals surface area contributed by atoms with Crippen molar-refractivity contribution in [1.29, 1.82) is 0 Å². The Hall–Kier alpha value is -1.37. The van der Waals surface area contributed by atoms with Crippen molar-refractivity contribution in [2.24, 2.45) is 0 Å². The van der Waals surface area contributed by atoms with Crippen molar-refractivity contribution >= 4 is 44.5 Å². The van der Waals surface area contributed by atoms with Gasteiger partial charge in [0.25, 0.3) is 0 Å². The number of hydrogen-bond donors (Lipinski definition) is 1. The number of carbonyl (C=O) groups is 1. The van der Waals surface area contributed by atoms with Gasteiger partial charge in [-0.25, -0.2) is 0 Å². The number of benzene rings is 1. The smallest absolute Gasteiger partial charge is 0.229 e. The highest BCUT2D eigenvalue weighted by atomic mass is 79.9. The van der Waals surface area contributed by atoms with E-state index in [1.807, 2.05) is 36.4 Å². The van der Waals surface area contributed by atoms with Crippen molar-refractivity contribution in [1.82, 2.24) is 0 Å². The summed E-state index contributed by atoms with van der Waals surface area (Å²) in [5.74, 6) is 0.00931. The van der Waals surface area contributed by atoms with Gasteiger partial charge < -0.3 is 15.0 Å². The number of carbonyl (C=O) groups excluding carboxylic acids is 1. The average molecular weight is 381 g/mol. The Bertz CT molecular complexity index is 653. The maximum Gasteiger partial charge on any atom is 0.229 e. The zero-order valence-corrected chi connectivity index (χ0v) is 14.5. The first-order valence-electron chi connectivity index (χ1n) is 7.18. The first-order valence-corrected chi connectivity index (χ1v) is 8.79. The third kappa shape index (κ3) is 3.88. The zero-order valence-electron chi connectivity index (χ0n) is 12.0. The van der Waals surface area contributed by atoms with Crippen molar-refractivity contribution in [3.05, 3.63) is 45.1 Å². The molecule has 2 heterocycles. The van der Waals surface area contributed by atoms with Crippen LogP contribution < -0.4 is 10.2 Å². The monoisotopic (exact) mass is 380 g/mol. The van der Waals surface area contributed by atoms with Gasteiger partial charge >= 0.3 is 0 Å². The van der Waals surface area contributed by atoms with E-state index in [0.717, 1.165) is 46.3 Å². The molecular weight excluding hydrogens is 364 g/mol. The Morgan fingerprint density at radius 3 is 2.73 bits per heavy atom. The molecule has 0 saturated carbocycles. The molecule has 1 amide bonds. The summed E-state index contributed by atoms with van der Waals surface area (Å²) in [7, 11) is 0. The van der Waals surface area contributed by atoms with Crippen LogP contribution in [0.4, 0.5) is 11.4 Å². The molecule has 1 aromatic carbocycles. The second-order valence-electron chi connectivity index (χ2n) is 5.05. The molecule has 0 unspecified atom stereocenters. The Kier molecular flexibility index (Phi) is 5.12. The summed E-state index contributed by atoms with van der Waals surface area (Å²) in [6, 6.07) is 11.9. The number of rotatable bonds is 4. The summed E-state index contributed by atoms with van der Waals surface area (Å²) in [5, 5.41) is 3.04. The van der Waals surface area contributed by atoms with E-state index in [1.54, 1.807) is 11.3 Å². The van der Waals surface area contributed by atoms with Crippen LogP contribution in [0.25, 0.3) is 0 Å². The summed E-state index contributed by atoms with van der Waals surface area (Å²) in [6.07, 6.45) is 0.397. The van der Waals surface area contributed by atoms with Gasteiger partial charge in [-0.1, -0.05) is 12.1 Å². The average Bonchev–Trinajstić information content (AvgIpc) is 2.93. The lowest BCUT2D eigenvalue weighted by molar-refractivity contribution is -0.115. The number of amides is 1. The SMILES string of the molecule is O=C(Cc1ccc(Br)s1)Nc1ccccc1N1CCOCC1. The van der Waals surface area contributed by atoms with Crippen LogP contribution in [0.15, 0.2) is 40.2 Å². The van der Waals surface area contributed by atoms with E-state index in [0.29, 0.717) is 6.42 Å². The molecule has 0 atom stereocenters. The summed E-state index contributed by atoms with van der Waals surface area (Å²) in [6.45, 7) is 3.16. The van der Waals surface area contributed by atoms with Crippen LogP contribution in [0.1, 0.15) is 4.88 Å². The van der Waals surface area contributed by atoms with Crippen LogP contribution in [0.3, 0.4) is 0 Å². The highest BCUT2D eigenvalue weighted by Crippen LogP contribution is 2.27.